The second kappa shape index (κ2) is 5.64. The van der Waals surface area contributed by atoms with E-state index >= 15 is 0 Å². The van der Waals surface area contributed by atoms with Gasteiger partial charge in [-0.15, -0.1) is 0 Å². The number of hydrogen-bond acceptors (Lipinski definition) is 2. The summed E-state index contributed by atoms with van der Waals surface area (Å²) in [5.74, 6) is -0.224. The van der Waals surface area contributed by atoms with Gasteiger partial charge < -0.3 is 10.2 Å². The molecule has 112 valence electrons. The number of para-hydroxylation sites is 2. The Balaban J connectivity index is 1.86. The number of nitrogens with zero attached hydrogens (tertiary/aromatic N) is 1. The van der Waals surface area contributed by atoms with Crippen molar-refractivity contribution >= 4 is 23.2 Å². The van der Waals surface area contributed by atoms with E-state index in [0.717, 1.165) is 11.3 Å². The van der Waals surface area contributed by atoms with Crippen molar-refractivity contribution in [2.24, 2.45) is 0 Å². The molecule has 0 saturated heterocycles. The van der Waals surface area contributed by atoms with Crippen LogP contribution in [-0.4, -0.2) is 18.4 Å². The number of benzene rings is 2. The number of anilines is 2. The Morgan fingerprint density at radius 1 is 1.14 bits per heavy atom. The zero-order valence-corrected chi connectivity index (χ0v) is 12.7. The summed E-state index contributed by atoms with van der Waals surface area (Å²) in [6.45, 7) is 4.15. The Labute approximate surface area is 129 Å². The zero-order chi connectivity index (χ0) is 15.7. The lowest BCUT2D eigenvalue weighted by Gasteiger charge is -2.29. The maximum absolute atomic E-state index is 12.6. The summed E-state index contributed by atoms with van der Waals surface area (Å²) in [5.41, 5.74) is 4.79. The van der Waals surface area contributed by atoms with E-state index in [1.54, 1.807) is 4.90 Å². The fourth-order valence-electron chi connectivity index (χ4n) is 2.64. The predicted molar refractivity (Wildman–Crippen MR) is 87.0 cm³/mol. The molecule has 2 amide bonds. The van der Waals surface area contributed by atoms with Crippen LogP contribution in [0, 0.1) is 13.8 Å². The first-order valence-electron chi connectivity index (χ1n) is 7.30. The molecule has 0 aliphatic carbocycles. The van der Waals surface area contributed by atoms with Crippen LogP contribution in [-0.2, 0) is 16.0 Å². The lowest BCUT2D eigenvalue weighted by atomic mass is 10.0. The van der Waals surface area contributed by atoms with Gasteiger partial charge in [0.25, 0.3) is 0 Å². The van der Waals surface area contributed by atoms with Crippen LogP contribution in [0.15, 0.2) is 42.5 Å². The molecule has 0 bridgehead atoms. The van der Waals surface area contributed by atoms with Gasteiger partial charge in [0.1, 0.15) is 6.54 Å². The number of carbonyl (C=O) groups excluding carboxylic acids is 2. The maximum atomic E-state index is 12.6. The van der Waals surface area contributed by atoms with Gasteiger partial charge in [-0.25, -0.2) is 0 Å². The van der Waals surface area contributed by atoms with Crippen LogP contribution in [0.25, 0.3) is 0 Å². The van der Waals surface area contributed by atoms with Crippen molar-refractivity contribution in [3.63, 3.8) is 0 Å². The first-order valence-corrected chi connectivity index (χ1v) is 7.30. The molecular formula is C18H18N2O2. The number of nitrogens with one attached hydrogen (secondary N) is 1. The number of aryl methyl sites for hydroxylation is 2. The van der Waals surface area contributed by atoms with Crippen molar-refractivity contribution in [2.75, 3.05) is 16.8 Å². The number of carbonyl (C=O) groups is 2. The van der Waals surface area contributed by atoms with Crippen LogP contribution in [0.3, 0.4) is 0 Å². The lowest BCUT2D eigenvalue weighted by Crippen LogP contribution is -2.42. The minimum Gasteiger partial charge on any atom is -0.323 e. The third-order valence-electron chi connectivity index (χ3n) is 4.00. The number of fused-ring (bicyclic) bond motifs is 1. The second-order valence-corrected chi connectivity index (χ2v) is 5.64. The fraction of sp³-hybridized carbons (Fsp3) is 0.222. The van der Waals surface area contributed by atoms with E-state index in [9.17, 15) is 9.59 Å². The summed E-state index contributed by atoms with van der Waals surface area (Å²) in [4.78, 5) is 26.0. The molecule has 0 saturated carbocycles. The van der Waals surface area contributed by atoms with E-state index in [4.69, 9.17) is 0 Å². The Bertz CT molecular complexity index is 753. The molecule has 0 atom stereocenters. The molecule has 1 aliphatic heterocycles. The average molecular weight is 294 g/mol. The Kier molecular flexibility index (Phi) is 3.67. The van der Waals surface area contributed by atoms with Gasteiger partial charge in [0.05, 0.1) is 17.8 Å². The molecule has 2 aromatic rings. The van der Waals surface area contributed by atoms with Gasteiger partial charge >= 0.3 is 0 Å². The molecule has 0 aromatic heterocycles. The van der Waals surface area contributed by atoms with Crippen molar-refractivity contribution < 1.29 is 9.59 Å². The van der Waals surface area contributed by atoms with E-state index in [1.807, 2.05) is 56.3 Å². The standard InChI is InChI=1S/C18H18N2O2/c1-12-7-8-14(9-13(12)2)10-18(22)20-11-17(21)19-15-5-3-4-6-16(15)20/h3-9H,10-11H2,1-2H3,(H,19,21). The van der Waals surface area contributed by atoms with E-state index in [-0.39, 0.29) is 18.4 Å². The van der Waals surface area contributed by atoms with Crippen molar-refractivity contribution in [1.82, 2.24) is 0 Å². The van der Waals surface area contributed by atoms with Gasteiger partial charge in [0.15, 0.2) is 0 Å². The van der Waals surface area contributed by atoms with E-state index in [2.05, 4.69) is 5.32 Å². The quantitative estimate of drug-likeness (QED) is 0.926. The Morgan fingerprint density at radius 2 is 1.91 bits per heavy atom. The normalized spacial score (nSPS) is 13.5. The molecule has 0 spiro atoms. The predicted octanol–water partition coefficient (Wildman–Crippen LogP) is 2.83. The van der Waals surface area contributed by atoms with Gasteiger partial charge in [-0.2, -0.15) is 0 Å². The highest BCUT2D eigenvalue weighted by atomic mass is 16.2. The van der Waals surface area contributed by atoms with Crippen LogP contribution < -0.4 is 10.2 Å². The highest BCUT2D eigenvalue weighted by Gasteiger charge is 2.26. The van der Waals surface area contributed by atoms with Gasteiger partial charge in [-0.05, 0) is 42.7 Å². The summed E-state index contributed by atoms with van der Waals surface area (Å²) in [6.07, 6.45) is 0.294. The molecule has 2 aromatic carbocycles. The van der Waals surface area contributed by atoms with Crippen LogP contribution in [0.1, 0.15) is 16.7 Å². The number of hydrogen-bond donors (Lipinski definition) is 1. The Hall–Kier alpha value is -2.62. The summed E-state index contributed by atoms with van der Waals surface area (Å²) in [5, 5.41) is 2.79. The minimum absolute atomic E-state index is 0.0643. The number of amides is 2. The molecule has 1 aliphatic rings. The fourth-order valence-corrected chi connectivity index (χ4v) is 2.64. The highest BCUT2D eigenvalue weighted by molar-refractivity contribution is 6.10. The molecule has 1 heterocycles. The first kappa shape index (κ1) is 14.3. The van der Waals surface area contributed by atoms with Crippen LogP contribution in [0.4, 0.5) is 11.4 Å². The summed E-state index contributed by atoms with van der Waals surface area (Å²) < 4.78 is 0. The van der Waals surface area contributed by atoms with Crippen LogP contribution >= 0.6 is 0 Å². The molecule has 1 N–H and O–H groups in total. The zero-order valence-electron chi connectivity index (χ0n) is 12.7. The lowest BCUT2D eigenvalue weighted by molar-refractivity contribution is -0.121. The molecule has 0 unspecified atom stereocenters. The summed E-state index contributed by atoms with van der Waals surface area (Å²) in [6, 6.07) is 13.4. The van der Waals surface area contributed by atoms with Crippen molar-refractivity contribution in [2.45, 2.75) is 20.3 Å². The Morgan fingerprint density at radius 3 is 2.68 bits per heavy atom. The third-order valence-corrected chi connectivity index (χ3v) is 4.00. The van der Waals surface area contributed by atoms with E-state index in [1.165, 1.54) is 11.1 Å². The smallest absolute Gasteiger partial charge is 0.244 e. The van der Waals surface area contributed by atoms with Crippen molar-refractivity contribution in [1.29, 1.82) is 0 Å². The second-order valence-electron chi connectivity index (χ2n) is 5.64. The minimum atomic E-state index is -0.160. The monoisotopic (exact) mass is 294 g/mol. The van der Waals surface area contributed by atoms with Gasteiger partial charge in [-0.1, -0.05) is 30.3 Å². The topological polar surface area (TPSA) is 49.4 Å². The van der Waals surface area contributed by atoms with Gasteiger partial charge in [0, 0.05) is 0 Å². The summed E-state index contributed by atoms with van der Waals surface area (Å²) >= 11 is 0. The molecular weight excluding hydrogens is 276 g/mol. The third kappa shape index (κ3) is 2.72. The van der Waals surface area contributed by atoms with Gasteiger partial charge in [-0.3, -0.25) is 9.59 Å². The highest BCUT2D eigenvalue weighted by Crippen LogP contribution is 2.29. The molecule has 3 rings (SSSR count). The van der Waals surface area contributed by atoms with E-state index < -0.39 is 0 Å². The summed E-state index contributed by atoms with van der Waals surface area (Å²) in [7, 11) is 0. The molecule has 4 nitrogen and oxygen atoms in total. The molecule has 0 radical (unpaired) electrons. The first-order chi connectivity index (χ1) is 10.5. The molecule has 0 fully saturated rings. The van der Waals surface area contributed by atoms with Crippen LogP contribution in [0.2, 0.25) is 0 Å². The van der Waals surface area contributed by atoms with Crippen molar-refractivity contribution in [3.05, 3.63) is 59.2 Å². The molecule has 22 heavy (non-hydrogen) atoms. The SMILES string of the molecule is Cc1ccc(CC(=O)N2CC(=O)Nc3ccccc32)cc1C. The number of rotatable bonds is 2. The average Bonchev–Trinajstić information content (AvgIpc) is 2.50. The molecule has 4 heteroatoms. The maximum Gasteiger partial charge on any atom is 0.244 e. The van der Waals surface area contributed by atoms with E-state index in [0.29, 0.717) is 12.1 Å². The van der Waals surface area contributed by atoms with Gasteiger partial charge in [0.2, 0.25) is 11.8 Å². The largest absolute Gasteiger partial charge is 0.323 e. The van der Waals surface area contributed by atoms with Crippen molar-refractivity contribution in [3.8, 4) is 0 Å². The van der Waals surface area contributed by atoms with Crippen LogP contribution in [0.5, 0.6) is 0 Å².